The Morgan fingerprint density at radius 1 is 1.37 bits per heavy atom. The van der Waals surface area contributed by atoms with Crippen LogP contribution in [0, 0.1) is 23.1 Å². The molecule has 0 radical (unpaired) electrons. The third kappa shape index (κ3) is 2.49. The maximum atomic E-state index is 13.1. The smallest absolute Gasteiger partial charge is 0.307 e. The molecular formula is C13H13BrFNO3. The first-order valence-electron chi connectivity index (χ1n) is 5.74. The number of aliphatic carboxylic acids is 1. The minimum absolute atomic E-state index is 0.246. The Morgan fingerprint density at radius 3 is 2.47 bits per heavy atom. The van der Waals surface area contributed by atoms with Gasteiger partial charge < -0.3 is 10.4 Å². The summed E-state index contributed by atoms with van der Waals surface area (Å²) in [6.45, 7) is 3.49. The maximum Gasteiger partial charge on any atom is 0.307 e. The van der Waals surface area contributed by atoms with E-state index in [2.05, 4.69) is 21.2 Å². The number of carbonyl (C=O) groups is 2. The van der Waals surface area contributed by atoms with Crippen molar-refractivity contribution in [2.75, 3.05) is 5.32 Å². The highest BCUT2D eigenvalue weighted by atomic mass is 79.9. The minimum Gasteiger partial charge on any atom is -0.481 e. The number of hydrogen-bond acceptors (Lipinski definition) is 2. The molecule has 2 N–H and O–H groups in total. The van der Waals surface area contributed by atoms with Gasteiger partial charge in [-0.05, 0) is 39.5 Å². The average Bonchev–Trinajstić information content (AvgIpc) is 2.87. The Bertz CT molecular complexity index is 559. The molecular weight excluding hydrogens is 317 g/mol. The summed E-state index contributed by atoms with van der Waals surface area (Å²) in [6.07, 6.45) is 0. The summed E-state index contributed by atoms with van der Waals surface area (Å²) < 4.78 is 13.3. The van der Waals surface area contributed by atoms with Gasteiger partial charge in [-0.15, -0.1) is 0 Å². The Kier molecular flexibility index (Phi) is 3.38. The molecule has 0 aliphatic heterocycles. The maximum absolute atomic E-state index is 13.1. The number of amides is 1. The summed E-state index contributed by atoms with van der Waals surface area (Å²) in [5.41, 5.74) is -0.113. The largest absolute Gasteiger partial charge is 0.481 e. The lowest BCUT2D eigenvalue weighted by Crippen LogP contribution is -2.17. The van der Waals surface area contributed by atoms with Crippen LogP contribution in [0.4, 0.5) is 10.1 Å². The van der Waals surface area contributed by atoms with E-state index in [1.54, 1.807) is 13.8 Å². The van der Waals surface area contributed by atoms with Crippen molar-refractivity contribution in [2.24, 2.45) is 17.3 Å². The fourth-order valence-electron chi connectivity index (χ4n) is 2.38. The summed E-state index contributed by atoms with van der Waals surface area (Å²) in [7, 11) is 0. The van der Waals surface area contributed by atoms with Crippen molar-refractivity contribution in [1.82, 2.24) is 0 Å². The lowest BCUT2D eigenvalue weighted by Gasteiger charge is -2.06. The number of carboxylic acid groups (broad SMARTS) is 1. The monoisotopic (exact) mass is 329 g/mol. The van der Waals surface area contributed by atoms with E-state index in [0.717, 1.165) is 0 Å². The summed E-state index contributed by atoms with van der Waals surface area (Å²) in [5.74, 6) is -2.97. The standard InChI is InChI=1S/C13H13BrFNO3/c1-13(2)9(10(13)12(18)19)11(17)16-6-3-4-8(15)7(14)5-6/h3-5,9-10H,1-2H3,(H,16,17)(H,18,19). The van der Waals surface area contributed by atoms with Gasteiger partial charge in [0.05, 0.1) is 16.3 Å². The van der Waals surface area contributed by atoms with Gasteiger partial charge in [0, 0.05) is 5.69 Å². The molecule has 1 aliphatic rings. The van der Waals surface area contributed by atoms with Crippen LogP contribution in [0.1, 0.15) is 13.8 Å². The van der Waals surface area contributed by atoms with Crippen LogP contribution in [0.15, 0.2) is 22.7 Å². The molecule has 0 spiro atoms. The number of carbonyl (C=O) groups excluding carboxylic acids is 1. The molecule has 0 heterocycles. The quantitative estimate of drug-likeness (QED) is 0.896. The normalized spacial score (nSPS) is 23.8. The van der Waals surface area contributed by atoms with Gasteiger partial charge in [0.2, 0.25) is 5.91 Å². The van der Waals surface area contributed by atoms with Gasteiger partial charge in [-0.1, -0.05) is 13.8 Å². The lowest BCUT2D eigenvalue weighted by molar-refractivity contribution is -0.140. The molecule has 1 fully saturated rings. The van der Waals surface area contributed by atoms with Gasteiger partial charge in [-0.2, -0.15) is 0 Å². The molecule has 4 nitrogen and oxygen atoms in total. The van der Waals surface area contributed by atoms with E-state index in [9.17, 15) is 14.0 Å². The van der Waals surface area contributed by atoms with E-state index in [-0.39, 0.29) is 10.4 Å². The van der Waals surface area contributed by atoms with Crippen LogP contribution in [0.5, 0.6) is 0 Å². The van der Waals surface area contributed by atoms with Crippen molar-refractivity contribution in [1.29, 1.82) is 0 Å². The van der Waals surface area contributed by atoms with Crippen LogP contribution < -0.4 is 5.32 Å². The third-order valence-electron chi connectivity index (χ3n) is 3.56. The summed E-state index contributed by atoms with van der Waals surface area (Å²) in [5, 5.41) is 11.6. The van der Waals surface area contributed by atoms with Crippen LogP contribution in [0.25, 0.3) is 0 Å². The number of hydrogen-bond donors (Lipinski definition) is 2. The molecule has 6 heteroatoms. The molecule has 1 amide bonds. The highest BCUT2D eigenvalue weighted by Crippen LogP contribution is 2.58. The first-order valence-corrected chi connectivity index (χ1v) is 6.53. The Morgan fingerprint density at radius 2 is 2.00 bits per heavy atom. The van der Waals surface area contributed by atoms with E-state index in [1.165, 1.54) is 18.2 Å². The number of nitrogens with one attached hydrogen (secondary N) is 1. The molecule has 19 heavy (non-hydrogen) atoms. The lowest BCUT2D eigenvalue weighted by atomic mass is 10.1. The van der Waals surface area contributed by atoms with Gasteiger partial charge >= 0.3 is 5.97 Å². The van der Waals surface area contributed by atoms with Crippen LogP contribution in [0.2, 0.25) is 0 Å². The number of carboxylic acids is 1. The number of halogens is 2. The molecule has 1 aromatic carbocycles. The Balaban J connectivity index is 2.10. The zero-order valence-electron chi connectivity index (χ0n) is 10.4. The highest BCUT2D eigenvalue weighted by molar-refractivity contribution is 9.10. The number of rotatable bonds is 3. The van der Waals surface area contributed by atoms with Gasteiger partial charge in [-0.3, -0.25) is 9.59 Å². The number of benzene rings is 1. The molecule has 0 aromatic heterocycles. The Hall–Kier alpha value is -1.43. The van der Waals surface area contributed by atoms with Gasteiger partial charge in [-0.25, -0.2) is 4.39 Å². The minimum atomic E-state index is -0.967. The molecule has 102 valence electrons. The van der Waals surface area contributed by atoms with Crippen molar-refractivity contribution in [2.45, 2.75) is 13.8 Å². The topological polar surface area (TPSA) is 66.4 Å². The van der Waals surface area contributed by atoms with Crippen molar-refractivity contribution in [3.63, 3.8) is 0 Å². The van der Waals surface area contributed by atoms with Crippen molar-refractivity contribution >= 4 is 33.5 Å². The third-order valence-corrected chi connectivity index (χ3v) is 4.17. The summed E-state index contributed by atoms with van der Waals surface area (Å²) in [4.78, 5) is 23.0. The molecule has 1 saturated carbocycles. The predicted octanol–water partition coefficient (Wildman–Crippen LogP) is 2.88. The molecule has 0 saturated heterocycles. The van der Waals surface area contributed by atoms with Crippen molar-refractivity contribution < 1.29 is 19.1 Å². The first kappa shape index (κ1) is 14.0. The van der Waals surface area contributed by atoms with E-state index in [1.807, 2.05) is 0 Å². The molecule has 1 aromatic rings. The van der Waals surface area contributed by atoms with E-state index < -0.39 is 29.0 Å². The SMILES string of the molecule is CC1(C)C(C(=O)O)C1C(=O)Nc1ccc(F)c(Br)c1. The molecule has 0 bridgehead atoms. The summed E-state index contributed by atoms with van der Waals surface area (Å²) >= 11 is 3.03. The van der Waals surface area contributed by atoms with Crippen LogP contribution in [0.3, 0.4) is 0 Å². The van der Waals surface area contributed by atoms with E-state index in [0.29, 0.717) is 5.69 Å². The summed E-state index contributed by atoms with van der Waals surface area (Å²) in [6, 6.07) is 4.11. The molecule has 1 aliphatic carbocycles. The fraction of sp³-hybridized carbons (Fsp3) is 0.385. The van der Waals surface area contributed by atoms with Crippen LogP contribution >= 0.6 is 15.9 Å². The van der Waals surface area contributed by atoms with Crippen molar-refractivity contribution in [3.05, 3.63) is 28.5 Å². The highest BCUT2D eigenvalue weighted by Gasteiger charge is 2.65. The van der Waals surface area contributed by atoms with Gasteiger partial charge in [0.1, 0.15) is 5.82 Å². The fourth-order valence-corrected chi connectivity index (χ4v) is 2.76. The molecule has 2 rings (SSSR count). The van der Waals surface area contributed by atoms with Gasteiger partial charge in [0.25, 0.3) is 0 Å². The zero-order chi connectivity index (χ0) is 14.4. The average molecular weight is 330 g/mol. The number of anilines is 1. The van der Waals surface area contributed by atoms with E-state index in [4.69, 9.17) is 5.11 Å². The molecule has 2 atom stereocenters. The molecule has 2 unspecified atom stereocenters. The van der Waals surface area contributed by atoms with Crippen LogP contribution in [-0.2, 0) is 9.59 Å². The second-order valence-corrected chi connectivity index (χ2v) is 6.09. The second-order valence-electron chi connectivity index (χ2n) is 5.23. The Labute approximate surface area is 118 Å². The van der Waals surface area contributed by atoms with E-state index >= 15 is 0 Å². The second kappa shape index (κ2) is 4.59. The van der Waals surface area contributed by atoms with Gasteiger partial charge in [0.15, 0.2) is 0 Å². The first-order chi connectivity index (χ1) is 8.75. The van der Waals surface area contributed by atoms with Crippen LogP contribution in [-0.4, -0.2) is 17.0 Å². The van der Waals surface area contributed by atoms with Crippen molar-refractivity contribution in [3.8, 4) is 0 Å². The predicted molar refractivity (Wildman–Crippen MR) is 71.1 cm³/mol. The zero-order valence-corrected chi connectivity index (χ0v) is 12.0.